The largest absolute Gasteiger partial charge is 0.392 e. The predicted octanol–water partition coefficient (Wildman–Crippen LogP) is 4.14. The molecule has 0 bridgehead atoms. The molecule has 0 amide bonds. The minimum absolute atomic E-state index is 0.0605. The second-order valence-corrected chi connectivity index (χ2v) is 4.86. The number of hydrogen-bond acceptors (Lipinski definition) is 1. The molecule has 0 atom stereocenters. The molecule has 18 heavy (non-hydrogen) atoms. The third-order valence-corrected chi connectivity index (χ3v) is 3.25. The summed E-state index contributed by atoms with van der Waals surface area (Å²) in [4.78, 5) is 0. The molecule has 2 aromatic rings. The Balaban J connectivity index is 2.42. The third-order valence-electron chi connectivity index (χ3n) is 2.76. The molecule has 0 spiro atoms. The molecule has 92 valence electrons. The summed E-state index contributed by atoms with van der Waals surface area (Å²) in [5, 5.41) is 9.36. The lowest BCUT2D eigenvalue weighted by atomic mass is 9.95. The standard InChI is InChI=1S/C15H12BrFO/c1-10(11-2-5-14(17)6-3-11)15-7-4-13(16)8-12(15)9-18/h2-8,18H,1,9H2. The molecule has 0 radical (unpaired) electrons. The van der Waals surface area contributed by atoms with Gasteiger partial charge in [-0.25, -0.2) is 4.39 Å². The van der Waals surface area contributed by atoms with E-state index in [9.17, 15) is 9.50 Å². The summed E-state index contributed by atoms with van der Waals surface area (Å²) in [6.07, 6.45) is 0. The number of rotatable bonds is 3. The van der Waals surface area contributed by atoms with Crippen LogP contribution in [0.4, 0.5) is 4.39 Å². The summed E-state index contributed by atoms with van der Waals surface area (Å²) in [5.41, 5.74) is 3.27. The van der Waals surface area contributed by atoms with E-state index in [0.717, 1.165) is 26.7 Å². The molecule has 3 heteroatoms. The van der Waals surface area contributed by atoms with Crippen LogP contribution in [-0.2, 0) is 6.61 Å². The first-order valence-electron chi connectivity index (χ1n) is 5.46. The summed E-state index contributed by atoms with van der Waals surface area (Å²) in [7, 11) is 0. The van der Waals surface area contributed by atoms with Gasteiger partial charge >= 0.3 is 0 Å². The highest BCUT2D eigenvalue weighted by molar-refractivity contribution is 9.10. The first kappa shape index (κ1) is 13.0. The van der Waals surface area contributed by atoms with Crippen molar-refractivity contribution in [2.45, 2.75) is 6.61 Å². The average molecular weight is 307 g/mol. The fraction of sp³-hybridized carbons (Fsp3) is 0.0667. The van der Waals surface area contributed by atoms with E-state index in [1.54, 1.807) is 12.1 Å². The van der Waals surface area contributed by atoms with Crippen LogP contribution in [0.5, 0.6) is 0 Å². The summed E-state index contributed by atoms with van der Waals surface area (Å²) < 4.78 is 13.8. The maximum Gasteiger partial charge on any atom is 0.123 e. The maximum atomic E-state index is 12.9. The summed E-state index contributed by atoms with van der Waals surface area (Å²) in [5.74, 6) is -0.273. The molecule has 1 N–H and O–H groups in total. The number of aliphatic hydroxyl groups excluding tert-OH is 1. The van der Waals surface area contributed by atoms with E-state index in [2.05, 4.69) is 22.5 Å². The van der Waals surface area contributed by atoms with Crippen molar-refractivity contribution in [3.05, 3.63) is 76.0 Å². The van der Waals surface area contributed by atoms with Gasteiger partial charge in [0.05, 0.1) is 6.61 Å². The molecule has 0 unspecified atom stereocenters. The number of hydrogen-bond donors (Lipinski definition) is 1. The Morgan fingerprint density at radius 2 is 1.83 bits per heavy atom. The number of aliphatic hydroxyl groups is 1. The zero-order valence-electron chi connectivity index (χ0n) is 9.66. The van der Waals surface area contributed by atoms with Crippen LogP contribution in [0.25, 0.3) is 5.57 Å². The van der Waals surface area contributed by atoms with Crippen LogP contribution in [0.15, 0.2) is 53.5 Å². The Morgan fingerprint density at radius 1 is 1.17 bits per heavy atom. The Hall–Kier alpha value is -1.45. The van der Waals surface area contributed by atoms with Gasteiger partial charge in [-0.05, 0) is 46.5 Å². The van der Waals surface area contributed by atoms with Gasteiger partial charge in [0.2, 0.25) is 0 Å². The van der Waals surface area contributed by atoms with Gasteiger partial charge < -0.3 is 5.11 Å². The van der Waals surface area contributed by atoms with Crippen molar-refractivity contribution in [2.24, 2.45) is 0 Å². The molecule has 0 fully saturated rings. The van der Waals surface area contributed by atoms with Crippen molar-refractivity contribution in [1.29, 1.82) is 0 Å². The van der Waals surface area contributed by atoms with Crippen LogP contribution < -0.4 is 0 Å². The Kier molecular flexibility index (Phi) is 3.94. The van der Waals surface area contributed by atoms with Crippen molar-refractivity contribution in [3.8, 4) is 0 Å². The molecule has 0 saturated heterocycles. The van der Waals surface area contributed by atoms with E-state index >= 15 is 0 Å². The summed E-state index contributed by atoms with van der Waals surface area (Å²) in [6.45, 7) is 3.95. The van der Waals surface area contributed by atoms with Gasteiger partial charge in [-0.3, -0.25) is 0 Å². The van der Waals surface area contributed by atoms with Gasteiger partial charge in [0, 0.05) is 4.47 Å². The van der Waals surface area contributed by atoms with E-state index < -0.39 is 0 Å². The second-order valence-electron chi connectivity index (χ2n) is 3.95. The van der Waals surface area contributed by atoms with Gasteiger partial charge in [0.1, 0.15) is 5.82 Å². The Bertz CT molecular complexity index is 576. The monoisotopic (exact) mass is 306 g/mol. The van der Waals surface area contributed by atoms with Crippen molar-refractivity contribution in [1.82, 2.24) is 0 Å². The first-order valence-corrected chi connectivity index (χ1v) is 6.25. The van der Waals surface area contributed by atoms with E-state index in [0.29, 0.717) is 0 Å². The topological polar surface area (TPSA) is 20.2 Å². The summed E-state index contributed by atoms with van der Waals surface area (Å²) in [6, 6.07) is 11.8. The highest BCUT2D eigenvalue weighted by atomic mass is 79.9. The van der Waals surface area contributed by atoms with Crippen LogP contribution >= 0.6 is 15.9 Å². The molecule has 0 saturated carbocycles. The minimum Gasteiger partial charge on any atom is -0.392 e. The number of benzene rings is 2. The van der Waals surface area contributed by atoms with Crippen molar-refractivity contribution in [2.75, 3.05) is 0 Å². The molecular weight excluding hydrogens is 295 g/mol. The third kappa shape index (κ3) is 2.68. The number of halogens is 2. The van der Waals surface area contributed by atoms with Crippen LogP contribution in [0.2, 0.25) is 0 Å². The molecule has 0 aliphatic rings. The molecule has 0 aliphatic carbocycles. The van der Waals surface area contributed by atoms with Crippen LogP contribution in [0.3, 0.4) is 0 Å². The van der Waals surface area contributed by atoms with Gasteiger partial charge in [-0.2, -0.15) is 0 Å². The fourth-order valence-electron chi connectivity index (χ4n) is 1.79. The highest BCUT2D eigenvalue weighted by Gasteiger charge is 2.08. The zero-order valence-corrected chi connectivity index (χ0v) is 11.2. The first-order chi connectivity index (χ1) is 8.61. The van der Waals surface area contributed by atoms with Gasteiger partial charge in [-0.1, -0.05) is 40.7 Å². The summed E-state index contributed by atoms with van der Waals surface area (Å²) >= 11 is 3.36. The SMILES string of the molecule is C=C(c1ccc(F)cc1)c1ccc(Br)cc1CO. The molecule has 0 aromatic heterocycles. The highest BCUT2D eigenvalue weighted by Crippen LogP contribution is 2.27. The fourth-order valence-corrected chi connectivity index (χ4v) is 2.20. The van der Waals surface area contributed by atoms with E-state index in [-0.39, 0.29) is 12.4 Å². The van der Waals surface area contributed by atoms with Gasteiger partial charge in [-0.15, -0.1) is 0 Å². The predicted molar refractivity (Wildman–Crippen MR) is 74.6 cm³/mol. The minimum atomic E-state index is -0.273. The molecule has 0 aliphatic heterocycles. The van der Waals surface area contributed by atoms with Crippen molar-refractivity contribution < 1.29 is 9.50 Å². The average Bonchev–Trinajstić information content (AvgIpc) is 2.38. The second kappa shape index (κ2) is 5.46. The van der Waals surface area contributed by atoms with E-state index in [1.807, 2.05) is 18.2 Å². The quantitative estimate of drug-likeness (QED) is 0.903. The maximum absolute atomic E-state index is 12.9. The lowest BCUT2D eigenvalue weighted by molar-refractivity contribution is 0.281. The smallest absolute Gasteiger partial charge is 0.123 e. The normalized spacial score (nSPS) is 10.4. The molecule has 1 nitrogen and oxygen atoms in total. The molecule has 2 rings (SSSR count). The van der Waals surface area contributed by atoms with Gasteiger partial charge in [0.15, 0.2) is 0 Å². The lowest BCUT2D eigenvalue weighted by Crippen LogP contribution is -1.94. The zero-order chi connectivity index (χ0) is 13.1. The van der Waals surface area contributed by atoms with Crippen molar-refractivity contribution in [3.63, 3.8) is 0 Å². The van der Waals surface area contributed by atoms with E-state index in [1.165, 1.54) is 12.1 Å². The van der Waals surface area contributed by atoms with Crippen LogP contribution in [0, 0.1) is 5.82 Å². The molecule has 0 heterocycles. The van der Waals surface area contributed by atoms with Crippen molar-refractivity contribution >= 4 is 21.5 Å². The van der Waals surface area contributed by atoms with E-state index in [4.69, 9.17) is 0 Å². The van der Waals surface area contributed by atoms with Gasteiger partial charge in [0.25, 0.3) is 0 Å². The lowest BCUT2D eigenvalue weighted by Gasteiger charge is -2.11. The van der Waals surface area contributed by atoms with Crippen LogP contribution in [-0.4, -0.2) is 5.11 Å². The Labute approximate surface area is 114 Å². The Morgan fingerprint density at radius 3 is 2.44 bits per heavy atom. The molecule has 2 aromatic carbocycles. The molecular formula is C15H12BrFO. The van der Waals surface area contributed by atoms with Crippen LogP contribution in [0.1, 0.15) is 16.7 Å².